The second kappa shape index (κ2) is 5.11. The molecule has 0 saturated heterocycles. The van der Waals surface area contributed by atoms with Crippen LogP contribution in [0.1, 0.15) is 15.2 Å². The first kappa shape index (κ1) is 12.5. The Labute approximate surface area is 111 Å². The molecule has 0 aliphatic heterocycles. The summed E-state index contributed by atoms with van der Waals surface area (Å²) in [5.41, 5.74) is 0.427. The van der Waals surface area contributed by atoms with Crippen LogP contribution in [-0.2, 0) is 0 Å². The number of carbonyl (C=O) groups is 1. The van der Waals surface area contributed by atoms with Crippen LogP contribution >= 0.6 is 23.6 Å². The largest absolute Gasteiger partial charge is 0.494 e. The third-order valence-corrected chi connectivity index (χ3v) is 3.27. The summed E-state index contributed by atoms with van der Waals surface area (Å²) in [7, 11) is 0. The molecule has 0 aliphatic carbocycles. The highest BCUT2D eigenvalue weighted by molar-refractivity contribution is 7.73. The normalized spacial score (nSPS) is 10.9. The predicted molar refractivity (Wildman–Crippen MR) is 71.8 cm³/mol. The summed E-state index contributed by atoms with van der Waals surface area (Å²) in [5, 5.41) is 18.4. The lowest BCUT2D eigenvalue weighted by atomic mass is 10.2. The standard InChI is InChI=1S/C11H8N2O3S2/c14-9-8(18-11(17)13-9)5-12-7-4-2-1-3-6(7)10(15)16/h1-5,14H,(H,13,17)(H,15,16). The number of rotatable bonds is 3. The highest BCUT2D eigenvalue weighted by Crippen LogP contribution is 2.22. The average molecular weight is 280 g/mol. The number of benzene rings is 1. The van der Waals surface area contributed by atoms with E-state index < -0.39 is 5.97 Å². The molecule has 0 amide bonds. The molecule has 0 bridgehead atoms. The number of hydrogen-bond acceptors (Lipinski definition) is 5. The van der Waals surface area contributed by atoms with E-state index in [9.17, 15) is 9.90 Å². The number of aromatic hydroxyl groups is 1. The molecule has 0 aliphatic rings. The molecule has 0 radical (unpaired) electrons. The number of nitrogens with zero attached hydrogens (tertiary/aromatic N) is 1. The van der Waals surface area contributed by atoms with Gasteiger partial charge in [0.2, 0.25) is 5.88 Å². The van der Waals surface area contributed by atoms with Gasteiger partial charge in [-0.15, -0.1) is 0 Å². The maximum Gasteiger partial charge on any atom is 0.337 e. The van der Waals surface area contributed by atoms with Gasteiger partial charge in [0.05, 0.1) is 17.5 Å². The van der Waals surface area contributed by atoms with Crippen molar-refractivity contribution in [1.82, 2.24) is 4.98 Å². The van der Waals surface area contributed by atoms with Crippen LogP contribution in [0.5, 0.6) is 5.88 Å². The fourth-order valence-corrected chi connectivity index (χ4v) is 2.28. The first-order valence-corrected chi connectivity index (χ1v) is 6.09. The summed E-state index contributed by atoms with van der Waals surface area (Å²) >= 11 is 6.03. The summed E-state index contributed by atoms with van der Waals surface area (Å²) in [5.74, 6) is -1.12. The Kier molecular flexibility index (Phi) is 3.54. The minimum absolute atomic E-state index is 0.0680. The average Bonchev–Trinajstić information content (AvgIpc) is 2.65. The molecule has 3 N–H and O–H groups in total. The molecule has 1 heterocycles. The number of aliphatic imine (C=N–C) groups is 1. The number of aromatic amines is 1. The van der Waals surface area contributed by atoms with Crippen LogP contribution in [0.15, 0.2) is 29.3 Å². The van der Waals surface area contributed by atoms with E-state index in [1.807, 2.05) is 0 Å². The molecule has 0 fully saturated rings. The lowest BCUT2D eigenvalue weighted by Crippen LogP contribution is -1.95. The van der Waals surface area contributed by atoms with Gasteiger partial charge in [-0.3, -0.25) is 4.99 Å². The number of aromatic nitrogens is 1. The minimum atomic E-state index is -1.05. The first-order valence-electron chi connectivity index (χ1n) is 4.86. The van der Waals surface area contributed by atoms with Gasteiger partial charge < -0.3 is 15.2 Å². The Morgan fingerprint density at radius 1 is 1.44 bits per heavy atom. The number of aromatic carboxylic acids is 1. The molecule has 92 valence electrons. The van der Waals surface area contributed by atoms with Crippen molar-refractivity contribution < 1.29 is 15.0 Å². The maximum atomic E-state index is 11.0. The molecular weight excluding hydrogens is 272 g/mol. The van der Waals surface area contributed by atoms with Gasteiger partial charge in [0.1, 0.15) is 4.88 Å². The van der Waals surface area contributed by atoms with Crippen molar-refractivity contribution >= 4 is 41.4 Å². The number of nitrogens with one attached hydrogen (secondary N) is 1. The number of carboxylic acids is 1. The molecule has 0 spiro atoms. The zero-order chi connectivity index (χ0) is 13.1. The lowest BCUT2D eigenvalue weighted by Gasteiger charge is -1.98. The van der Waals surface area contributed by atoms with Crippen LogP contribution in [0, 0.1) is 3.95 Å². The first-order chi connectivity index (χ1) is 8.58. The van der Waals surface area contributed by atoms with Crippen LogP contribution in [0.3, 0.4) is 0 Å². The van der Waals surface area contributed by atoms with Crippen molar-refractivity contribution in [3.63, 3.8) is 0 Å². The Hall–Kier alpha value is -1.99. The lowest BCUT2D eigenvalue weighted by molar-refractivity contribution is 0.0698. The minimum Gasteiger partial charge on any atom is -0.494 e. The molecule has 1 aromatic carbocycles. The summed E-state index contributed by atoms with van der Waals surface area (Å²) < 4.78 is 0.431. The summed E-state index contributed by atoms with van der Waals surface area (Å²) in [6, 6.07) is 6.37. The second-order valence-electron chi connectivity index (χ2n) is 3.31. The van der Waals surface area contributed by atoms with Crippen LogP contribution in [0.2, 0.25) is 0 Å². The van der Waals surface area contributed by atoms with E-state index in [-0.39, 0.29) is 11.4 Å². The van der Waals surface area contributed by atoms with E-state index in [1.54, 1.807) is 18.2 Å². The van der Waals surface area contributed by atoms with Gasteiger partial charge in [-0.05, 0) is 24.4 Å². The number of thiazole rings is 1. The van der Waals surface area contributed by atoms with E-state index in [1.165, 1.54) is 12.3 Å². The van der Waals surface area contributed by atoms with Gasteiger partial charge in [-0.2, -0.15) is 0 Å². The van der Waals surface area contributed by atoms with Crippen molar-refractivity contribution in [2.45, 2.75) is 0 Å². The quantitative estimate of drug-likeness (QED) is 0.596. The monoisotopic (exact) mass is 280 g/mol. The van der Waals surface area contributed by atoms with Gasteiger partial charge in [-0.1, -0.05) is 23.5 Å². The molecular formula is C11H8N2O3S2. The zero-order valence-electron chi connectivity index (χ0n) is 8.95. The molecule has 7 heteroatoms. The third-order valence-electron chi connectivity index (χ3n) is 2.11. The zero-order valence-corrected chi connectivity index (χ0v) is 10.6. The molecule has 0 unspecified atom stereocenters. The third kappa shape index (κ3) is 2.63. The Morgan fingerprint density at radius 2 is 2.17 bits per heavy atom. The van der Waals surface area contributed by atoms with Crippen molar-refractivity contribution in [1.29, 1.82) is 0 Å². The molecule has 2 aromatic rings. The number of H-pyrrole nitrogens is 1. The van der Waals surface area contributed by atoms with E-state index >= 15 is 0 Å². The Bertz CT molecular complexity index is 673. The fourth-order valence-electron chi connectivity index (χ4n) is 1.31. The van der Waals surface area contributed by atoms with Gasteiger partial charge in [0, 0.05) is 0 Å². The van der Waals surface area contributed by atoms with Crippen molar-refractivity contribution in [3.8, 4) is 5.88 Å². The van der Waals surface area contributed by atoms with Crippen LogP contribution in [0.4, 0.5) is 5.69 Å². The Morgan fingerprint density at radius 3 is 2.78 bits per heavy atom. The van der Waals surface area contributed by atoms with Gasteiger partial charge in [0.25, 0.3) is 0 Å². The van der Waals surface area contributed by atoms with Gasteiger partial charge in [0.15, 0.2) is 3.95 Å². The van der Waals surface area contributed by atoms with Crippen molar-refractivity contribution in [2.24, 2.45) is 4.99 Å². The van der Waals surface area contributed by atoms with E-state index in [4.69, 9.17) is 17.3 Å². The van der Waals surface area contributed by atoms with Crippen LogP contribution < -0.4 is 0 Å². The molecule has 1 aromatic heterocycles. The predicted octanol–water partition coefficient (Wildman–Crippen LogP) is 2.96. The summed E-state index contributed by atoms with van der Waals surface area (Å²) in [6.45, 7) is 0. The molecule has 0 saturated carbocycles. The van der Waals surface area contributed by atoms with Crippen LogP contribution in [-0.4, -0.2) is 27.4 Å². The van der Waals surface area contributed by atoms with E-state index in [0.29, 0.717) is 14.5 Å². The van der Waals surface area contributed by atoms with Crippen molar-refractivity contribution in [3.05, 3.63) is 38.7 Å². The maximum absolute atomic E-state index is 11.0. The number of carboxylic acid groups (broad SMARTS) is 1. The van der Waals surface area contributed by atoms with E-state index in [0.717, 1.165) is 11.3 Å². The molecule has 18 heavy (non-hydrogen) atoms. The fraction of sp³-hybridized carbons (Fsp3) is 0. The van der Waals surface area contributed by atoms with Gasteiger partial charge in [-0.25, -0.2) is 4.79 Å². The Balaban J connectivity index is 2.37. The molecule has 5 nitrogen and oxygen atoms in total. The van der Waals surface area contributed by atoms with Crippen molar-refractivity contribution in [2.75, 3.05) is 0 Å². The highest BCUT2D eigenvalue weighted by atomic mass is 32.1. The van der Waals surface area contributed by atoms with Crippen LogP contribution in [0.25, 0.3) is 0 Å². The molecule has 0 atom stereocenters. The number of para-hydroxylation sites is 1. The smallest absolute Gasteiger partial charge is 0.337 e. The summed E-state index contributed by atoms with van der Waals surface area (Å²) in [4.78, 5) is 18.0. The number of hydrogen-bond donors (Lipinski definition) is 3. The van der Waals surface area contributed by atoms with E-state index in [2.05, 4.69) is 9.98 Å². The van der Waals surface area contributed by atoms with Gasteiger partial charge >= 0.3 is 5.97 Å². The SMILES string of the molecule is O=C(O)c1ccccc1N=Cc1sc(=S)[nH]c1O. The second-order valence-corrected chi connectivity index (χ2v) is 5.03. The highest BCUT2D eigenvalue weighted by Gasteiger charge is 2.08. The molecule has 2 rings (SSSR count). The topological polar surface area (TPSA) is 85.7 Å². The summed E-state index contributed by atoms with van der Waals surface area (Å²) in [6.07, 6.45) is 1.38.